The molecule has 94 valence electrons. The molecule has 0 saturated heterocycles. The lowest BCUT2D eigenvalue weighted by Gasteiger charge is -2.33. The molecule has 0 saturated carbocycles. The van der Waals surface area contributed by atoms with Gasteiger partial charge in [0.25, 0.3) is 0 Å². The zero-order valence-electron chi connectivity index (χ0n) is 11.6. The molecule has 0 radical (unpaired) electrons. The minimum atomic E-state index is 0.584. The van der Waals surface area contributed by atoms with Gasteiger partial charge >= 0.3 is 0 Å². The molecule has 0 bridgehead atoms. The normalized spacial score (nSPS) is 23.5. The van der Waals surface area contributed by atoms with E-state index in [4.69, 9.17) is 0 Å². The van der Waals surface area contributed by atoms with E-state index in [9.17, 15) is 0 Å². The van der Waals surface area contributed by atoms with Crippen LogP contribution >= 0.6 is 0 Å². The minimum Gasteiger partial charge on any atom is -0.310 e. The Balaban J connectivity index is 2.40. The smallest absolute Gasteiger partial charge is 0.0326 e. The molecule has 1 aliphatic rings. The van der Waals surface area contributed by atoms with Crippen molar-refractivity contribution < 1.29 is 0 Å². The van der Waals surface area contributed by atoms with Gasteiger partial charge in [0.05, 0.1) is 0 Å². The largest absolute Gasteiger partial charge is 0.310 e. The van der Waals surface area contributed by atoms with Crippen LogP contribution in [0.2, 0.25) is 0 Å². The summed E-state index contributed by atoms with van der Waals surface area (Å²) in [6.07, 6.45) is 3.82. The van der Waals surface area contributed by atoms with Gasteiger partial charge < -0.3 is 5.32 Å². The van der Waals surface area contributed by atoms with Crippen LogP contribution in [-0.4, -0.2) is 6.54 Å². The van der Waals surface area contributed by atoms with Crippen LogP contribution in [0.15, 0.2) is 12.1 Å². The second kappa shape index (κ2) is 5.22. The molecule has 0 heterocycles. The molecule has 0 aliphatic heterocycles. The Kier molecular flexibility index (Phi) is 3.88. The monoisotopic (exact) mass is 231 g/mol. The highest BCUT2D eigenvalue weighted by Crippen LogP contribution is 2.40. The van der Waals surface area contributed by atoms with Crippen molar-refractivity contribution in [1.82, 2.24) is 5.32 Å². The number of rotatable bonds is 3. The van der Waals surface area contributed by atoms with Crippen molar-refractivity contribution in [3.05, 3.63) is 34.4 Å². The Labute approximate surface area is 106 Å². The fourth-order valence-electron chi connectivity index (χ4n) is 3.20. The van der Waals surface area contributed by atoms with Crippen LogP contribution in [0, 0.1) is 13.8 Å². The van der Waals surface area contributed by atoms with E-state index in [1.165, 1.54) is 30.4 Å². The summed E-state index contributed by atoms with van der Waals surface area (Å²) in [5.74, 6) is 0.726. The number of hydrogen-bond acceptors (Lipinski definition) is 1. The first-order valence-electron chi connectivity index (χ1n) is 6.98. The lowest BCUT2D eigenvalue weighted by atomic mass is 9.77. The highest BCUT2D eigenvalue weighted by molar-refractivity contribution is 5.45. The van der Waals surface area contributed by atoms with Crippen LogP contribution in [0.1, 0.15) is 67.3 Å². The topological polar surface area (TPSA) is 12.0 Å². The van der Waals surface area contributed by atoms with Gasteiger partial charge in [-0.25, -0.2) is 0 Å². The quantitative estimate of drug-likeness (QED) is 0.820. The third kappa shape index (κ3) is 2.40. The first kappa shape index (κ1) is 12.6. The number of hydrogen-bond donors (Lipinski definition) is 1. The van der Waals surface area contributed by atoms with Gasteiger partial charge in [0.15, 0.2) is 0 Å². The lowest BCUT2D eigenvalue weighted by molar-refractivity contribution is 0.430. The molecule has 1 heteroatoms. The zero-order valence-corrected chi connectivity index (χ0v) is 11.6. The number of fused-ring (bicyclic) bond motifs is 1. The third-order valence-electron chi connectivity index (χ3n) is 4.09. The van der Waals surface area contributed by atoms with Gasteiger partial charge in [-0.3, -0.25) is 0 Å². The van der Waals surface area contributed by atoms with Crippen LogP contribution in [0.25, 0.3) is 0 Å². The third-order valence-corrected chi connectivity index (χ3v) is 4.09. The molecular formula is C16H25N. The standard InChI is InChI=1S/C16H25N/c1-5-10-17-14-9-8-12(3)15-11(2)6-7-13(4)16(14)15/h6-7,12,14,17H,5,8-10H2,1-4H3. The van der Waals surface area contributed by atoms with E-state index in [2.05, 4.69) is 45.1 Å². The SMILES string of the molecule is CCCNC1CCC(C)c2c(C)ccc(C)c21. The molecule has 0 spiro atoms. The first-order valence-corrected chi connectivity index (χ1v) is 6.98. The summed E-state index contributed by atoms with van der Waals surface area (Å²) in [6, 6.07) is 5.15. The van der Waals surface area contributed by atoms with Gasteiger partial charge in [-0.05, 0) is 67.8 Å². The summed E-state index contributed by atoms with van der Waals surface area (Å²) in [6.45, 7) is 10.3. The molecule has 2 atom stereocenters. The minimum absolute atomic E-state index is 0.584. The summed E-state index contributed by atoms with van der Waals surface area (Å²) in [4.78, 5) is 0. The Hall–Kier alpha value is -0.820. The summed E-state index contributed by atoms with van der Waals surface area (Å²) >= 11 is 0. The van der Waals surface area contributed by atoms with E-state index in [0.717, 1.165) is 12.5 Å². The molecule has 2 rings (SSSR count). The van der Waals surface area contributed by atoms with E-state index in [1.807, 2.05) is 0 Å². The summed E-state index contributed by atoms with van der Waals surface area (Å²) in [7, 11) is 0. The molecule has 0 fully saturated rings. The average Bonchev–Trinajstić information content (AvgIpc) is 2.32. The van der Waals surface area contributed by atoms with E-state index in [0.29, 0.717) is 6.04 Å². The van der Waals surface area contributed by atoms with Gasteiger partial charge in [-0.2, -0.15) is 0 Å². The Morgan fingerprint density at radius 3 is 2.41 bits per heavy atom. The van der Waals surface area contributed by atoms with Crippen molar-refractivity contribution in [2.24, 2.45) is 0 Å². The maximum atomic E-state index is 3.72. The van der Waals surface area contributed by atoms with E-state index in [1.54, 1.807) is 11.1 Å². The molecule has 1 aromatic rings. The van der Waals surface area contributed by atoms with Crippen LogP contribution in [-0.2, 0) is 0 Å². The van der Waals surface area contributed by atoms with Crippen LogP contribution in [0.4, 0.5) is 0 Å². The predicted octanol–water partition coefficient (Wildman–Crippen LogP) is 4.24. The highest BCUT2D eigenvalue weighted by Gasteiger charge is 2.26. The highest BCUT2D eigenvalue weighted by atomic mass is 14.9. The second-order valence-corrected chi connectivity index (χ2v) is 5.51. The lowest BCUT2D eigenvalue weighted by Crippen LogP contribution is -2.28. The van der Waals surface area contributed by atoms with Gasteiger partial charge in [-0.1, -0.05) is 26.0 Å². The Morgan fingerprint density at radius 1 is 1.12 bits per heavy atom. The maximum Gasteiger partial charge on any atom is 0.0326 e. The van der Waals surface area contributed by atoms with Gasteiger partial charge in [0, 0.05) is 6.04 Å². The second-order valence-electron chi connectivity index (χ2n) is 5.51. The molecule has 0 aromatic heterocycles. The molecule has 2 unspecified atom stereocenters. The van der Waals surface area contributed by atoms with E-state index in [-0.39, 0.29) is 0 Å². The number of benzene rings is 1. The Morgan fingerprint density at radius 2 is 1.76 bits per heavy atom. The van der Waals surface area contributed by atoms with Gasteiger partial charge in [-0.15, -0.1) is 0 Å². The molecule has 17 heavy (non-hydrogen) atoms. The van der Waals surface area contributed by atoms with Crippen molar-refractivity contribution in [3.63, 3.8) is 0 Å². The van der Waals surface area contributed by atoms with Crippen molar-refractivity contribution in [2.45, 2.75) is 58.9 Å². The van der Waals surface area contributed by atoms with Crippen LogP contribution < -0.4 is 5.32 Å². The molecule has 1 N–H and O–H groups in total. The number of nitrogens with one attached hydrogen (secondary N) is 1. The molecule has 1 nitrogen and oxygen atoms in total. The fourth-order valence-corrected chi connectivity index (χ4v) is 3.20. The van der Waals surface area contributed by atoms with Crippen molar-refractivity contribution in [2.75, 3.05) is 6.54 Å². The summed E-state index contributed by atoms with van der Waals surface area (Å²) < 4.78 is 0. The van der Waals surface area contributed by atoms with Crippen LogP contribution in [0.5, 0.6) is 0 Å². The maximum absolute atomic E-state index is 3.72. The Bertz CT molecular complexity index is 395. The van der Waals surface area contributed by atoms with Crippen molar-refractivity contribution >= 4 is 0 Å². The first-order chi connectivity index (χ1) is 8.15. The molecular weight excluding hydrogens is 206 g/mol. The fraction of sp³-hybridized carbons (Fsp3) is 0.625. The van der Waals surface area contributed by atoms with Crippen molar-refractivity contribution in [3.8, 4) is 0 Å². The predicted molar refractivity (Wildman–Crippen MR) is 74.6 cm³/mol. The van der Waals surface area contributed by atoms with Gasteiger partial charge in [0.1, 0.15) is 0 Å². The zero-order chi connectivity index (χ0) is 12.4. The van der Waals surface area contributed by atoms with Crippen molar-refractivity contribution in [1.29, 1.82) is 0 Å². The molecule has 1 aromatic carbocycles. The van der Waals surface area contributed by atoms with E-state index >= 15 is 0 Å². The molecule has 1 aliphatic carbocycles. The summed E-state index contributed by atoms with van der Waals surface area (Å²) in [5.41, 5.74) is 6.15. The van der Waals surface area contributed by atoms with E-state index < -0.39 is 0 Å². The van der Waals surface area contributed by atoms with Crippen LogP contribution in [0.3, 0.4) is 0 Å². The van der Waals surface area contributed by atoms with Gasteiger partial charge in [0.2, 0.25) is 0 Å². The molecule has 0 amide bonds. The average molecular weight is 231 g/mol. The summed E-state index contributed by atoms with van der Waals surface area (Å²) in [5, 5.41) is 3.72. The number of aryl methyl sites for hydroxylation is 2.